The molecular weight excluding hydrogens is 210 g/mol. The molecule has 2 heterocycles. The number of benzene rings is 1. The number of ether oxygens (including phenoxy) is 2. The zero-order valence-electron chi connectivity index (χ0n) is 8.17. The van der Waals surface area contributed by atoms with E-state index in [0.29, 0.717) is 17.2 Å². The van der Waals surface area contributed by atoms with Gasteiger partial charge >= 0.3 is 0 Å². The van der Waals surface area contributed by atoms with Crippen molar-refractivity contribution < 1.29 is 19.1 Å². The molecule has 0 N–H and O–H groups in total. The maximum atomic E-state index is 11.4. The molecule has 5 nitrogen and oxygen atoms in total. The second-order valence-electron chi connectivity index (χ2n) is 3.38. The van der Waals surface area contributed by atoms with Crippen molar-refractivity contribution in [2.45, 2.75) is 0 Å². The minimum absolute atomic E-state index is 0.166. The molecule has 0 radical (unpaired) electrons. The van der Waals surface area contributed by atoms with Crippen LogP contribution in [0.4, 0.5) is 5.69 Å². The van der Waals surface area contributed by atoms with Crippen molar-refractivity contribution in [3.63, 3.8) is 0 Å². The summed E-state index contributed by atoms with van der Waals surface area (Å²) in [5, 5.41) is 0. The third kappa shape index (κ3) is 1.18. The first-order chi connectivity index (χ1) is 7.75. The van der Waals surface area contributed by atoms with Crippen LogP contribution in [0.2, 0.25) is 0 Å². The molecule has 0 saturated carbocycles. The highest BCUT2D eigenvalue weighted by Crippen LogP contribution is 2.36. The Bertz CT molecular complexity index is 503. The Morgan fingerprint density at radius 2 is 1.69 bits per heavy atom. The van der Waals surface area contributed by atoms with Crippen LogP contribution in [0, 0.1) is 0 Å². The molecular formula is C11H7NO4. The number of anilines is 1. The van der Waals surface area contributed by atoms with Crippen molar-refractivity contribution in [2.24, 2.45) is 0 Å². The molecule has 2 aliphatic rings. The molecule has 1 aromatic carbocycles. The van der Waals surface area contributed by atoms with E-state index in [1.165, 1.54) is 12.2 Å². The number of nitrogens with zero attached hydrogens (tertiary/aromatic N) is 1. The third-order valence-corrected chi connectivity index (χ3v) is 2.42. The molecule has 80 valence electrons. The lowest BCUT2D eigenvalue weighted by atomic mass is 10.2. The molecule has 0 spiro atoms. The van der Waals surface area contributed by atoms with Gasteiger partial charge in [-0.25, -0.2) is 4.90 Å². The summed E-state index contributed by atoms with van der Waals surface area (Å²) in [6, 6.07) is 4.94. The van der Waals surface area contributed by atoms with Gasteiger partial charge in [0.05, 0.1) is 5.69 Å². The van der Waals surface area contributed by atoms with E-state index in [0.717, 1.165) is 4.90 Å². The fourth-order valence-corrected chi connectivity index (χ4v) is 1.68. The molecule has 0 aliphatic carbocycles. The van der Waals surface area contributed by atoms with Crippen LogP contribution in [0.25, 0.3) is 0 Å². The van der Waals surface area contributed by atoms with Crippen molar-refractivity contribution in [1.29, 1.82) is 0 Å². The standard InChI is InChI=1S/C11H7NO4/c13-10-3-4-11(14)12(10)7-1-2-8-9(5-7)16-6-15-8/h1-5H,6H2. The van der Waals surface area contributed by atoms with Crippen molar-refractivity contribution in [3.8, 4) is 11.5 Å². The van der Waals surface area contributed by atoms with Crippen LogP contribution in [0.5, 0.6) is 11.5 Å². The van der Waals surface area contributed by atoms with Gasteiger partial charge in [0, 0.05) is 18.2 Å². The zero-order valence-corrected chi connectivity index (χ0v) is 8.17. The molecule has 5 heteroatoms. The van der Waals surface area contributed by atoms with Crippen LogP contribution >= 0.6 is 0 Å². The average molecular weight is 217 g/mol. The van der Waals surface area contributed by atoms with E-state index in [2.05, 4.69) is 0 Å². The number of hydrogen-bond donors (Lipinski definition) is 0. The van der Waals surface area contributed by atoms with Gasteiger partial charge in [-0.05, 0) is 12.1 Å². The Kier molecular flexibility index (Phi) is 1.73. The van der Waals surface area contributed by atoms with Crippen LogP contribution in [-0.2, 0) is 9.59 Å². The monoisotopic (exact) mass is 217 g/mol. The molecule has 3 rings (SSSR count). The van der Waals surface area contributed by atoms with Gasteiger partial charge in [0.25, 0.3) is 11.8 Å². The SMILES string of the molecule is O=C1C=CC(=O)N1c1ccc2c(c1)OCO2. The molecule has 16 heavy (non-hydrogen) atoms. The first-order valence-corrected chi connectivity index (χ1v) is 4.71. The molecule has 2 aliphatic heterocycles. The molecule has 2 amide bonds. The Hall–Kier alpha value is -2.30. The zero-order chi connectivity index (χ0) is 11.1. The second kappa shape index (κ2) is 3.10. The van der Waals surface area contributed by atoms with E-state index in [-0.39, 0.29) is 18.6 Å². The van der Waals surface area contributed by atoms with Crippen molar-refractivity contribution in [1.82, 2.24) is 0 Å². The van der Waals surface area contributed by atoms with E-state index in [4.69, 9.17) is 9.47 Å². The lowest BCUT2D eigenvalue weighted by Gasteiger charge is -2.13. The summed E-state index contributed by atoms with van der Waals surface area (Å²) < 4.78 is 10.3. The fourth-order valence-electron chi connectivity index (χ4n) is 1.68. The Morgan fingerprint density at radius 3 is 2.44 bits per heavy atom. The van der Waals surface area contributed by atoms with Gasteiger partial charge in [0.15, 0.2) is 11.5 Å². The van der Waals surface area contributed by atoms with Crippen LogP contribution in [0.1, 0.15) is 0 Å². The molecule has 0 unspecified atom stereocenters. The molecule has 0 saturated heterocycles. The van der Waals surface area contributed by atoms with E-state index in [1.54, 1.807) is 18.2 Å². The molecule has 0 fully saturated rings. The van der Waals surface area contributed by atoms with Crippen LogP contribution in [-0.4, -0.2) is 18.6 Å². The van der Waals surface area contributed by atoms with E-state index >= 15 is 0 Å². The quantitative estimate of drug-likeness (QED) is 0.654. The van der Waals surface area contributed by atoms with Crippen LogP contribution < -0.4 is 14.4 Å². The van der Waals surface area contributed by atoms with Crippen LogP contribution in [0.3, 0.4) is 0 Å². The molecule has 0 aromatic heterocycles. The maximum absolute atomic E-state index is 11.4. The van der Waals surface area contributed by atoms with Gasteiger partial charge in [-0.15, -0.1) is 0 Å². The minimum Gasteiger partial charge on any atom is -0.454 e. The van der Waals surface area contributed by atoms with Crippen molar-refractivity contribution in [2.75, 3.05) is 11.7 Å². The smallest absolute Gasteiger partial charge is 0.258 e. The van der Waals surface area contributed by atoms with Gasteiger partial charge in [-0.1, -0.05) is 0 Å². The fraction of sp³-hybridized carbons (Fsp3) is 0.0909. The summed E-state index contributed by atoms with van der Waals surface area (Å²) >= 11 is 0. The molecule has 0 atom stereocenters. The second-order valence-corrected chi connectivity index (χ2v) is 3.38. The first kappa shape index (κ1) is 8.96. The molecule has 1 aromatic rings. The minimum atomic E-state index is -0.344. The molecule has 0 bridgehead atoms. The highest BCUT2D eigenvalue weighted by atomic mass is 16.7. The number of imide groups is 1. The predicted molar refractivity (Wildman–Crippen MR) is 54.2 cm³/mol. The summed E-state index contributed by atoms with van der Waals surface area (Å²) in [5.41, 5.74) is 0.490. The van der Waals surface area contributed by atoms with Crippen molar-refractivity contribution in [3.05, 3.63) is 30.4 Å². The highest BCUT2D eigenvalue weighted by Gasteiger charge is 2.26. The summed E-state index contributed by atoms with van der Waals surface area (Å²) in [5.74, 6) is 0.480. The number of rotatable bonds is 1. The summed E-state index contributed by atoms with van der Waals surface area (Å²) in [7, 11) is 0. The predicted octanol–water partition coefficient (Wildman–Crippen LogP) is 0.845. The first-order valence-electron chi connectivity index (χ1n) is 4.71. The van der Waals surface area contributed by atoms with E-state index in [9.17, 15) is 9.59 Å². The lowest BCUT2D eigenvalue weighted by molar-refractivity contribution is -0.119. The Labute approximate surface area is 90.9 Å². The number of carbonyl (C=O) groups is 2. The largest absolute Gasteiger partial charge is 0.454 e. The third-order valence-electron chi connectivity index (χ3n) is 2.42. The number of carbonyl (C=O) groups excluding carboxylic acids is 2. The average Bonchev–Trinajstić information content (AvgIpc) is 2.85. The van der Waals surface area contributed by atoms with Crippen LogP contribution in [0.15, 0.2) is 30.4 Å². The van der Waals surface area contributed by atoms with Gasteiger partial charge in [0.1, 0.15) is 0 Å². The van der Waals surface area contributed by atoms with E-state index in [1.807, 2.05) is 0 Å². The van der Waals surface area contributed by atoms with Gasteiger partial charge in [-0.2, -0.15) is 0 Å². The van der Waals surface area contributed by atoms with Crippen molar-refractivity contribution >= 4 is 17.5 Å². The number of hydrogen-bond acceptors (Lipinski definition) is 4. The Morgan fingerprint density at radius 1 is 1.00 bits per heavy atom. The maximum Gasteiger partial charge on any atom is 0.258 e. The summed E-state index contributed by atoms with van der Waals surface area (Å²) in [6.07, 6.45) is 2.49. The van der Waals surface area contributed by atoms with Gasteiger partial charge in [0.2, 0.25) is 6.79 Å². The van der Waals surface area contributed by atoms with E-state index < -0.39 is 0 Å². The topological polar surface area (TPSA) is 55.8 Å². The highest BCUT2D eigenvalue weighted by molar-refractivity contribution is 6.28. The summed E-state index contributed by atoms with van der Waals surface area (Å²) in [6.45, 7) is 0.166. The van der Waals surface area contributed by atoms with Gasteiger partial charge < -0.3 is 9.47 Å². The van der Waals surface area contributed by atoms with Gasteiger partial charge in [-0.3, -0.25) is 9.59 Å². The normalized spacial score (nSPS) is 17.4. The summed E-state index contributed by atoms with van der Waals surface area (Å²) in [4.78, 5) is 23.9. The Balaban J connectivity index is 2.02. The number of fused-ring (bicyclic) bond motifs is 1. The lowest BCUT2D eigenvalue weighted by Crippen LogP contribution is -2.29. The number of amides is 2.